The van der Waals surface area contributed by atoms with Gasteiger partial charge in [0, 0.05) is 0 Å². The van der Waals surface area contributed by atoms with Gasteiger partial charge in [-0.15, -0.1) is 0 Å². The maximum absolute atomic E-state index is 2.77. The van der Waals surface area contributed by atoms with Crippen LogP contribution in [0.1, 0.15) is 91.9 Å². The molecule has 0 heterocycles. The zero-order valence-corrected chi connectivity index (χ0v) is 19.9. The molecule has 0 nitrogen and oxygen atoms in total. The second kappa shape index (κ2) is 9.83. The molecule has 0 N–H and O–H groups in total. The van der Waals surface area contributed by atoms with Crippen LogP contribution in [0.3, 0.4) is 0 Å². The van der Waals surface area contributed by atoms with Crippen molar-refractivity contribution in [3.8, 4) is 0 Å². The predicted molar refractivity (Wildman–Crippen MR) is 112 cm³/mol. The van der Waals surface area contributed by atoms with Gasteiger partial charge in [-0.3, -0.25) is 0 Å². The van der Waals surface area contributed by atoms with Crippen LogP contribution in [0.4, 0.5) is 0 Å². The molecule has 0 bridgehead atoms. The summed E-state index contributed by atoms with van der Waals surface area (Å²) in [6.07, 6.45) is 22.4. The van der Waals surface area contributed by atoms with E-state index in [2.05, 4.69) is 45.9 Å². The van der Waals surface area contributed by atoms with E-state index in [1.54, 1.807) is 18.9 Å². The zero-order chi connectivity index (χ0) is 17.5. The minimum atomic E-state index is -2.06. The number of allylic oxidation sites excluding steroid dienone is 4. The first-order valence-corrected chi connectivity index (χ1v) is 18.6. The van der Waals surface area contributed by atoms with E-state index in [0.29, 0.717) is 5.41 Å². The molecule has 0 saturated heterocycles. The standard InChI is InChI=1S/C11H15.3C4H9.Sn/c1-10-4-8-11(9-5-10)6-2-3-7-11;3*1-3-4-2;/h2-4,6H,5,7-9H2,1H3;3*1,3-4H2,2H3;. The average molecular weight is 437 g/mol. The summed E-state index contributed by atoms with van der Waals surface area (Å²) in [5.41, 5.74) is 2.20. The van der Waals surface area contributed by atoms with E-state index in [1.165, 1.54) is 64.2 Å². The van der Waals surface area contributed by atoms with Crippen molar-refractivity contribution in [2.75, 3.05) is 0 Å². The minimum absolute atomic E-state index is 0.566. The molecular weight excluding hydrogens is 395 g/mol. The van der Waals surface area contributed by atoms with Crippen molar-refractivity contribution in [2.24, 2.45) is 5.41 Å². The molecule has 2 atom stereocenters. The van der Waals surface area contributed by atoms with Crippen LogP contribution in [0.15, 0.2) is 23.8 Å². The quantitative estimate of drug-likeness (QED) is 0.238. The maximum atomic E-state index is 2.77. The van der Waals surface area contributed by atoms with Crippen LogP contribution >= 0.6 is 0 Å². The average Bonchev–Trinajstić information content (AvgIpc) is 3.02. The van der Waals surface area contributed by atoms with Gasteiger partial charge in [0.15, 0.2) is 0 Å². The van der Waals surface area contributed by atoms with Crippen molar-refractivity contribution < 1.29 is 0 Å². The van der Waals surface area contributed by atoms with E-state index in [-0.39, 0.29) is 0 Å². The normalized spacial score (nSPS) is 27.0. The Morgan fingerprint density at radius 1 is 1.00 bits per heavy atom. The van der Waals surface area contributed by atoms with Gasteiger partial charge >= 0.3 is 157 Å². The van der Waals surface area contributed by atoms with Crippen LogP contribution in [0.2, 0.25) is 17.2 Å². The number of rotatable bonds is 10. The van der Waals surface area contributed by atoms with Crippen molar-refractivity contribution in [3.63, 3.8) is 0 Å². The summed E-state index contributed by atoms with van der Waals surface area (Å²) in [7, 11) is 0. The number of unbranched alkanes of at least 4 members (excludes halogenated alkanes) is 3. The van der Waals surface area contributed by atoms with Crippen LogP contribution in [-0.4, -0.2) is 18.4 Å². The molecule has 2 rings (SSSR count). The van der Waals surface area contributed by atoms with E-state index in [0.717, 1.165) is 3.93 Å². The fourth-order valence-corrected chi connectivity index (χ4v) is 23.4. The van der Waals surface area contributed by atoms with Gasteiger partial charge in [-0.2, -0.15) is 0 Å². The first-order valence-electron chi connectivity index (χ1n) is 10.9. The Morgan fingerprint density at radius 3 is 2.04 bits per heavy atom. The third-order valence-corrected chi connectivity index (χ3v) is 24.2. The van der Waals surface area contributed by atoms with Gasteiger partial charge in [-0.1, -0.05) is 0 Å². The second-order valence-corrected chi connectivity index (χ2v) is 23.1. The molecule has 0 aromatic rings. The molecule has 138 valence electrons. The Bertz CT molecular complexity index is 412. The Morgan fingerprint density at radius 2 is 1.58 bits per heavy atom. The Hall–Kier alpha value is 0.279. The SMILES string of the molecule is CCC[CH2][Sn]([CH2]CCC)([CH2]CCC)[CH]1C=CC2(CC=C(C)CC2)C1. The van der Waals surface area contributed by atoms with Crippen molar-refractivity contribution in [3.05, 3.63) is 23.8 Å². The molecule has 0 saturated carbocycles. The van der Waals surface area contributed by atoms with Crippen LogP contribution in [0.25, 0.3) is 0 Å². The van der Waals surface area contributed by atoms with Crippen LogP contribution < -0.4 is 0 Å². The van der Waals surface area contributed by atoms with Gasteiger partial charge in [0.05, 0.1) is 0 Å². The van der Waals surface area contributed by atoms with Crippen LogP contribution in [0.5, 0.6) is 0 Å². The van der Waals surface area contributed by atoms with Crippen LogP contribution in [-0.2, 0) is 0 Å². The molecule has 0 amide bonds. The third kappa shape index (κ3) is 5.15. The molecule has 0 aliphatic heterocycles. The summed E-state index contributed by atoms with van der Waals surface area (Å²) < 4.78 is 6.07. The first kappa shape index (κ1) is 20.6. The molecule has 0 aromatic heterocycles. The van der Waals surface area contributed by atoms with E-state index in [9.17, 15) is 0 Å². The van der Waals surface area contributed by atoms with E-state index < -0.39 is 18.4 Å². The summed E-state index contributed by atoms with van der Waals surface area (Å²) in [5.74, 6) is 0. The second-order valence-electron chi connectivity index (χ2n) is 8.96. The van der Waals surface area contributed by atoms with E-state index in [1.807, 2.05) is 0 Å². The number of hydrogen-bond acceptors (Lipinski definition) is 0. The monoisotopic (exact) mass is 438 g/mol. The summed E-state index contributed by atoms with van der Waals surface area (Å²) in [6, 6.07) is 0. The molecule has 24 heavy (non-hydrogen) atoms. The van der Waals surface area contributed by atoms with Gasteiger partial charge in [0.1, 0.15) is 0 Å². The van der Waals surface area contributed by atoms with Crippen molar-refractivity contribution >= 4 is 18.4 Å². The predicted octanol–water partition coefficient (Wildman–Crippen LogP) is 8.28. The van der Waals surface area contributed by atoms with Crippen molar-refractivity contribution in [2.45, 2.75) is 109 Å². The first-order chi connectivity index (χ1) is 11.6. The molecule has 1 spiro atoms. The number of hydrogen-bond donors (Lipinski definition) is 0. The van der Waals surface area contributed by atoms with Crippen molar-refractivity contribution in [1.29, 1.82) is 0 Å². The van der Waals surface area contributed by atoms with Gasteiger partial charge in [0.2, 0.25) is 0 Å². The third-order valence-electron chi connectivity index (χ3n) is 7.05. The molecule has 2 aliphatic carbocycles. The van der Waals surface area contributed by atoms with Crippen LogP contribution in [0, 0.1) is 5.41 Å². The van der Waals surface area contributed by atoms with Crippen molar-refractivity contribution in [1.82, 2.24) is 0 Å². The van der Waals surface area contributed by atoms with E-state index >= 15 is 0 Å². The summed E-state index contributed by atoms with van der Waals surface area (Å²) in [4.78, 5) is 0. The topological polar surface area (TPSA) is 0 Å². The van der Waals surface area contributed by atoms with E-state index in [4.69, 9.17) is 0 Å². The van der Waals surface area contributed by atoms with Gasteiger partial charge in [-0.25, -0.2) is 0 Å². The fraction of sp³-hybridized carbons (Fsp3) is 0.826. The fourth-order valence-electron chi connectivity index (χ4n) is 5.20. The molecule has 0 fully saturated rings. The molecule has 2 unspecified atom stereocenters. The Kier molecular flexibility index (Phi) is 8.44. The molecule has 0 radical (unpaired) electrons. The summed E-state index contributed by atoms with van der Waals surface area (Å²) >= 11 is -2.06. The Balaban J connectivity index is 2.14. The Labute approximate surface area is 156 Å². The summed E-state index contributed by atoms with van der Waals surface area (Å²) in [6.45, 7) is 9.53. The van der Waals surface area contributed by atoms with Gasteiger partial charge in [-0.05, 0) is 0 Å². The molecule has 1 heteroatoms. The molecule has 0 aromatic carbocycles. The molecule has 2 aliphatic rings. The van der Waals surface area contributed by atoms with Gasteiger partial charge < -0.3 is 0 Å². The van der Waals surface area contributed by atoms with Gasteiger partial charge in [0.25, 0.3) is 0 Å². The summed E-state index contributed by atoms with van der Waals surface area (Å²) in [5, 5.41) is 0. The zero-order valence-electron chi connectivity index (χ0n) is 17.0. The molecular formula is C23H42Sn.